The van der Waals surface area contributed by atoms with Crippen LogP contribution in [-0.4, -0.2) is 40.1 Å². The Bertz CT molecular complexity index is 741. The standard InChI is InChI=1S/C15H16ClN3O3/c16-9-1-2-12-11(7-9)10-4-6-19(8-13(10)18-12)15(22)17-5-3-14(20)21/h1-2,7,18H,3-6,8H2,(H,17,22)(H,20,21). The number of carboxylic acid groups (broad SMARTS) is 1. The maximum Gasteiger partial charge on any atom is 0.317 e. The second-order valence-corrected chi connectivity index (χ2v) is 5.76. The van der Waals surface area contributed by atoms with Crippen LogP contribution in [0.3, 0.4) is 0 Å². The number of H-pyrrole nitrogens is 1. The number of fused-ring (bicyclic) bond motifs is 3. The molecule has 0 radical (unpaired) electrons. The first-order valence-electron chi connectivity index (χ1n) is 7.08. The lowest BCUT2D eigenvalue weighted by Crippen LogP contribution is -2.43. The van der Waals surface area contributed by atoms with E-state index in [1.54, 1.807) is 4.90 Å². The van der Waals surface area contributed by atoms with E-state index < -0.39 is 5.97 Å². The SMILES string of the molecule is O=C(O)CCNC(=O)N1CCc2c([nH]c3ccc(Cl)cc23)C1. The van der Waals surface area contributed by atoms with Gasteiger partial charge in [0.1, 0.15) is 0 Å². The number of hydrogen-bond donors (Lipinski definition) is 3. The van der Waals surface area contributed by atoms with Gasteiger partial charge in [0, 0.05) is 34.7 Å². The van der Waals surface area contributed by atoms with Crippen molar-refractivity contribution < 1.29 is 14.7 Å². The van der Waals surface area contributed by atoms with E-state index in [4.69, 9.17) is 16.7 Å². The summed E-state index contributed by atoms with van der Waals surface area (Å²) in [5, 5.41) is 13.0. The number of nitrogens with zero attached hydrogens (tertiary/aromatic N) is 1. The molecule has 0 aliphatic carbocycles. The van der Waals surface area contributed by atoms with Gasteiger partial charge in [0.25, 0.3) is 0 Å². The average molecular weight is 322 g/mol. The highest BCUT2D eigenvalue weighted by molar-refractivity contribution is 6.31. The number of aliphatic carboxylic acids is 1. The van der Waals surface area contributed by atoms with Crippen LogP contribution in [0.25, 0.3) is 10.9 Å². The van der Waals surface area contributed by atoms with E-state index in [-0.39, 0.29) is 19.0 Å². The van der Waals surface area contributed by atoms with Crippen LogP contribution < -0.4 is 5.32 Å². The third-order valence-corrected chi connectivity index (χ3v) is 4.07. The highest BCUT2D eigenvalue weighted by Crippen LogP contribution is 2.29. The second-order valence-electron chi connectivity index (χ2n) is 5.32. The second kappa shape index (κ2) is 5.88. The fraction of sp³-hybridized carbons (Fsp3) is 0.333. The first-order valence-corrected chi connectivity index (χ1v) is 7.46. The van der Waals surface area contributed by atoms with E-state index >= 15 is 0 Å². The Morgan fingerprint density at radius 3 is 3.00 bits per heavy atom. The van der Waals surface area contributed by atoms with Crippen LogP contribution >= 0.6 is 11.6 Å². The average Bonchev–Trinajstić information content (AvgIpc) is 2.83. The minimum atomic E-state index is -0.922. The molecule has 0 saturated carbocycles. The highest BCUT2D eigenvalue weighted by Gasteiger charge is 2.23. The number of hydrogen-bond acceptors (Lipinski definition) is 2. The highest BCUT2D eigenvalue weighted by atomic mass is 35.5. The lowest BCUT2D eigenvalue weighted by Gasteiger charge is -2.27. The van der Waals surface area contributed by atoms with Crippen LogP contribution in [-0.2, 0) is 17.8 Å². The fourth-order valence-corrected chi connectivity index (χ4v) is 2.95. The molecule has 3 rings (SSSR count). The zero-order valence-electron chi connectivity index (χ0n) is 11.9. The Hall–Kier alpha value is -2.21. The third kappa shape index (κ3) is 2.87. The molecule has 3 N–H and O–H groups in total. The summed E-state index contributed by atoms with van der Waals surface area (Å²) in [7, 11) is 0. The van der Waals surface area contributed by atoms with Gasteiger partial charge in [0.05, 0.1) is 13.0 Å². The van der Waals surface area contributed by atoms with Crippen molar-refractivity contribution in [2.75, 3.05) is 13.1 Å². The minimum absolute atomic E-state index is 0.0737. The maximum absolute atomic E-state index is 12.0. The molecule has 1 aromatic carbocycles. The summed E-state index contributed by atoms with van der Waals surface area (Å²) in [5.41, 5.74) is 3.23. The lowest BCUT2D eigenvalue weighted by molar-refractivity contribution is -0.136. The molecule has 0 fully saturated rings. The van der Waals surface area contributed by atoms with Gasteiger partial charge >= 0.3 is 12.0 Å². The van der Waals surface area contributed by atoms with E-state index in [1.165, 1.54) is 5.56 Å². The Morgan fingerprint density at radius 2 is 2.23 bits per heavy atom. The third-order valence-electron chi connectivity index (χ3n) is 3.84. The molecular weight excluding hydrogens is 306 g/mol. The Balaban J connectivity index is 1.72. The first-order chi connectivity index (χ1) is 10.5. The number of benzene rings is 1. The Kier molecular flexibility index (Phi) is 3.94. The number of carbonyl (C=O) groups excluding carboxylic acids is 1. The summed E-state index contributed by atoms with van der Waals surface area (Å²) in [6, 6.07) is 5.48. The van der Waals surface area contributed by atoms with E-state index in [2.05, 4.69) is 10.3 Å². The van der Waals surface area contributed by atoms with Crippen molar-refractivity contribution in [3.63, 3.8) is 0 Å². The van der Waals surface area contributed by atoms with Gasteiger partial charge in [-0.15, -0.1) is 0 Å². The van der Waals surface area contributed by atoms with Gasteiger partial charge in [-0.2, -0.15) is 0 Å². The first kappa shape index (κ1) is 14.7. The van der Waals surface area contributed by atoms with Crippen LogP contribution in [0.2, 0.25) is 5.02 Å². The molecule has 22 heavy (non-hydrogen) atoms. The number of carboxylic acids is 1. The maximum atomic E-state index is 12.0. The number of aromatic nitrogens is 1. The largest absolute Gasteiger partial charge is 0.481 e. The smallest absolute Gasteiger partial charge is 0.317 e. The van der Waals surface area contributed by atoms with Gasteiger partial charge in [-0.3, -0.25) is 4.79 Å². The van der Waals surface area contributed by atoms with E-state index in [1.807, 2.05) is 18.2 Å². The molecule has 0 unspecified atom stereocenters. The van der Waals surface area contributed by atoms with Crippen molar-refractivity contribution >= 4 is 34.5 Å². The van der Waals surface area contributed by atoms with Gasteiger partial charge in [0.15, 0.2) is 0 Å². The molecular formula is C15H16ClN3O3. The number of rotatable bonds is 3. The molecule has 0 atom stereocenters. The van der Waals surface area contributed by atoms with Crippen LogP contribution in [0.5, 0.6) is 0 Å². The summed E-state index contributed by atoms with van der Waals surface area (Å²) in [5.74, 6) is -0.922. The summed E-state index contributed by atoms with van der Waals surface area (Å²) in [6.07, 6.45) is 0.678. The molecule has 1 aliphatic heterocycles. The van der Waals surface area contributed by atoms with Crippen molar-refractivity contribution in [3.05, 3.63) is 34.5 Å². The van der Waals surface area contributed by atoms with Crippen LogP contribution in [0.15, 0.2) is 18.2 Å². The van der Waals surface area contributed by atoms with Gasteiger partial charge < -0.3 is 20.3 Å². The molecule has 116 valence electrons. The number of nitrogens with one attached hydrogen (secondary N) is 2. The number of halogens is 1. The summed E-state index contributed by atoms with van der Waals surface area (Å²) in [4.78, 5) is 27.5. The molecule has 1 aromatic heterocycles. The molecule has 7 heteroatoms. The topological polar surface area (TPSA) is 85.4 Å². The van der Waals surface area contributed by atoms with Crippen molar-refractivity contribution in [2.24, 2.45) is 0 Å². The number of carbonyl (C=O) groups is 2. The number of urea groups is 1. The van der Waals surface area contributed by atoms with Crippen molar-refractivity contribution in [1.82, 2.24) is 15.2 Å². The molecule has 1 aliphatic rings. The molecule has 0 bridgehead atoms. The molecule has 2 amide bonds. The van der Waals surface area contributed by atoms with E-state index in [9.17, 15) is 9.59 Å². The van der Waals surface area contributed by atoms with Crippen LogP contribution in [0.4, 0.5) is 4.79 Å². The predicted molar refractivity (Wildman–Crippen MR) is 83.1 cm³/mol. The molecule has 0 saturated heterocycles. The van der Waals surface area contributed by atoms with Gasteiger partial charge in [-0.1, -0.05) is 11.6 Å². The van der Waals surface area contributed by atoms with E-state index in [0.717, 1.165) is 23.0 Å². The quantitative estimate of drug-likeness (QED) is 0.811. The predicted octanol–water partition coefficient (Wildman–Crippen LogP) is 2.36. The molecule has 2 heterocycles. The van der Waals surface area contributed by atoms with Crippen molar-refractivity contribution in [3.8, 4) is 0 Å². The molecule has 0 spiro atoms. The fourth-order valence-electron chi connectivity index (χ4n) is 2.77. The molecule has 6 nitrogen and oxygen atoms in total. The zero-order valence-corrected chi connectivity index (χ0v) is 12.6. The summed E-state index contributed by atoms with van der Waals surface area (Å²) in [6.45, 7) is 1.23. The minimum Gasteiger partial charge on any atom is -0.481 e. The summed E-state index contributed by atoms with van der Waals surface area (Å²) >= 11 is 6.04. The number of aromatic amines is 1. The lowest BCUT2D eigenvalue weighted by atomic mass is 10.0. The van der Waals surface area contributed by atoms with Crippen molar-refractivity contribution in [2.45, 2.75) is 19.4 Å². The van der Waals surface area contributed by atoms with Crippen LogP contribution in [0.1, 0.15) is 17.7 Å². The normalized spacial score (nSPS) is 14.0. The molecule has 2 aromatic rings. The zero-order chi connectivity index (χ0) is 15.7. The van der Waals surface area contributed by atoms with E-state index in [0.29, 0.717) is 18.1 Å². The van der Waals surface area contributed by atoms with Gasteiger partial charge in [-0.05, 0) is 30.2 Å². The van der Waals surface area contributed by atoms with Gasteiger partial charge in [0.2, 0.25) is 0 Å². The Labute approximate surface area is 132 Å². The summed E-state index contributed by atoms with van der Waals surface area (Å²) < 4.78 is 0. The monoisotopic (exact) mass is 321 g/mol. The number of amides is 2. The van der Waals surface area contributed by atoms with Gasteiger partial charge in [-0.25, -0.2) is 4.79 Å². The Morgan fingerprint density at radius 1 is 1.41 bits per heavy atom. The van der Waals surface area contributed by atoms with Crippen molar-refractivity contribution in [1.29, 1.82) is 0 Å². The van der Waals surface area contributed by atoms with Crippen LogP contribution in [0, 0.1) is 0 Å².